The fraction of sp³-hybridized carbons (Fsp3) is 0.350. The van der Waals surface area contributed by atoms with Crippen molar-refractivity contribution in [1.82, 2.24) is 29.3 Å². The highest BCUT2D eigenvalue weighted by molar-refractivity contribution is 7.99. The molecule has 1 saturated heterocycles. The zero-order chi connectivity index (χ0) is 26.6. The van der Waals surface area contributed by atoms with E-state index in [1.807, 2.05) is 0 Å². The number of H-pyrrole nitrogens is 1. The molecule has 12 nitrogen and oxygen atoms in total. The molecule has 0 unspecified atom stereocenters. The topological polar surface area (TPSA) is 166 Å². The van der Waals surface area contributed by atoms with Crippen LogP contribution in [-0.4, -0.2) is 88.9 Å². The molecule has 4 rings (SSSR count). The minimum Gasteiger partial charge on any atom is -0.289 e. The highest BCUT2D eigenvalue weighted by Gasteiger charge is 2.43. The zero-order valence-electron chi connectivity index (χ0n) is 19.1. The van der Waals surface area contributed by atoms with Crippen molar-refractivity contribution in [3.63, 3.8) is 0 Å². The van der Waals surface area contributed by atoms with Crippen molar-refractivity contribution in [3.8, 4) is 10.4 Å². The van der Waals surface area contributed by atoms with E-state index in [9.17, 15) is 31.2 Å². The number of hydrogen-bond donors (Lipinski definition) is 3. The molecule has 3 aromatic rings. The average Bonchev–Trinajstić information content (AvgIpc) is 3.59. The quantitative estimate of drug-likeness (QED) is 0.137. The summed E-state index contributed by atoms with van der Waals surface area (Å²) in [5.74, 6) is -1.22. The molecule has 17 heteroatoms. The number of sulfonamides is 2. The van der Waals surface area contributed by atoms with Gasteiger partial charge in [0.15, 0.2) is 5.16 Å². The van der Waals surface area contributed by atoms with E-state index in [1.165, 1.54) is 53.9 Å². The highest BCUT2D eigenvalue weighted by atomic mass is 32.2. The van der Waals surface area contributed by atoms with E-state index in [-0.39, 0.29) is 23.1 Å². The zero-order valence-corrected chi connectivity index (χ0v) is 22.4. The lowest BCUT2D eigenvalue weighted by Gasteiger charge is -2.38. The van der Waals surface area contributed by atoms with E-state index in [4.69, 9.17) is 0 Å². The van der Waals surface area contributed by atoms with Crippen LogP contribution in [0.15, 0.2) is 52.1 Å². The van der Waals surface area contributed by atoms with Gasteiger partial charge in [-0.25, -0.2) is 31.7 Å². The van der Waals surface area contributed by atoms with Gasteiger partial charge >= 0.3 is 0 Å². The third-order valence-electron chi connectivity index (χ3n) is 5.55. The van der Waals surface area contributed by atoms with Crippen molar-refractivity contribution in [3.05, 3.63) is 48.5 Å². The number of hydrogen-bond acceptors (Lipinski definition) is 10. The Balaban J connectivity index is 1.47. The number of halogens is 1. The Kier molecular flexibility index (Phi) is 8.62. The molecule has 1 amide bonds. The molecule has 2 aromatic heterocycles. The largest absolute Gasteiger partial charge is 0.289 e. The summed E-state index contributed by atoms with van der Waals surface area (Å²) in [5, 5.41) is 16.2. The number of piperazine rings is 1. The van der Waals surface area contributed by atoms with Crippen molar-refractivity contribution in [2.24, 2.45) is 0 Å². The summed E-state index contributed by atoms with van der Waals surface area (Å²) < 4.78 is 67.8. The Hall–Kier alpha value is -2.41. The number of benzene rings is 1. The predicted octanol–water partition coefficient (Wildman–Crippen LogP) is 1.36. The second-order valence-electron chi connectivity index (χ2n) is 7.90. The third-order valence-corrected chi connectivity index (χ3v) is 11.9. The Morgan fingerprint density at radius 1 is 1.19 bits per heavy atom. The van der Waals surface area contributed by atoms with Crippen molar-refractivity contribution < 1.29 is 31.2 Å². The minimum atomic E-state index is -4.21. The molecule has 1 aliphatic rings. The van der Waals surface area contributed by atoms with E-state index >= 15 is 0 Å². The van der Waals surface area contributed by atoms with Crippen LogP contribution in [0, 0.1) is 5.82 Å². The van der Waals surface area contributed by atoms with Crippen LogP contribution >= 0.6 is 23.1 Å². The van der Waals surface area contributed by atoms with Crippen LogP contribution in [0.2, 0.25) is 0 Å². The van der Waals surface area contributed by atoms with Crippen LogP contribution in [0.4, 0.5) is 4.39 Å². The van der Waals surface area contributed by atoms with Gasteiger partial charge in [-0.15, -0.1) is 11.3 Å². The maximum absolute atomic E-state index is 13.4. The van der Waals surface area contributed by atoms with E-state index in [2.05, 4.69) is 15.2 Å². The number of nitrogens with zero attached hydrogens (tertiary/aromatic N) is 4. The van der Waals surface area contributed by atoms with Gasteiger partial charge in [-0.05, 0) is 36.2 Å². The van der Waals surface area contributed by atoms with E-state index < -0.39 is 44.4 Å². The number of rotatable bonds is 10. The fourth-order valence-corrected chi connectivity index (χ4v) is 9.13. The molecule has 0 radical (unpaired) electrons. The molecule has 3 heterocycles. The van der Waals surface area contributed by atoms with Crippen LogP contribution in [0.1, 0.15) is 6.42 Å². The summed E-state index contributed by atoms with van der Waals surface area (Å²) in [5.41, 5.74) is 2.07. The number of nitrogens with one attached hydrogen (secondary N) is 2. The minimum absolute atomic E-state index is 0.0664. The van der Waals surface area contributed by atoms with Gasteiger partial charge in [0, 0.05) is 30.3 Å². The lowest BCUT2D eigenvalue weighted by Crippen LogP contribution is -2.61. The monoisotopic (exact) mass is 590 g/mol. The van der Waals surface area contributed by atoms with Gasteiger partial charge in [-0.3, -0.25) is 15.1 Å². The molecule has 1 atom stereocenters. The maximum Gasteiger partial charge on any atom is 0.263 e. The third kappa shape index (κ3) is 6.36. The molecule has 37 heavy (non-hydrogen) atoms. The number of amides is 1. The van der Waals surface area contributed by atoms with Crippen molar-refractivity contribution >= 4 is 49.1 Å². The van der Waals surface area contributed by atoms with Crippen LogP contribution in [0.5, 0.6) is 0 Å². The van der Waals surface area contributed by atoms with Crippen molar-refractivity contribution in [2.75, 3.05) is 31.1 Å². The Morgan fingerprint density at radius 2 is 1.95 bits per heavy atom. The lowest BCUT2D eigenvalue weighted by atomic mass is 10.2. The molecular weight excluding hydrogens is 568 g/mol. The molecule has 200 valence electrons. The first-order valence-electron chi connectivity index (χ1n) is 10.9. The molecule has 0 spiro atoms. The summed E-state index contributed by atoms with van der Waals surface area (Å²) in [6.07, 6.45) is 1.64. The van der Waals surface area contributed by atoms with Gasteiger partial charge in [0.1, 0.15) is 22.4 Å². The number of carbonyl (C=O) groups excluding carboxylic acids is 1. The molecular formula is C20H23FN6O6S4. The summed E-state index contributed by atoms with van der Waals surface area (Å²) in [4.78, 5) is 17.0. The fourth-order valence-electron chi connectivity index (χ4n) is 3.72. The van der Waals surface area contributed by atoms with Gasteiger partial charge in [-0.2, -0.15) is 13.7 Å². The second kappa shape index (κ2) is 11.5. The molecule has 0 bridgehead atoms. The number of thioether (sulfide) groups is 1. The molecule has 1 fully saturated rings. The number of aromatic nitrogens is 3. The van der Waals surface area contributed by atoms with Gasteiger partial charge < -0.3 is 0 Å². The number of aromatic amines is 1. The summed E-state index contributed by atoms with van der Waals surface area (Å²) in [6.45, 7) is -0.877. The van der Waals surface area contributed by atoms with E-state index in [0.29, 0.717) is 27.8 Å². The standard InChI is InChI=1S/C20H23FN6O6S4/c21-15-4-2-14(3-5-15)17-6-7-18(35-17)37(32,33)27-9-8-26(12-16(27)19(28)25-29)36(30,31)11-1-10-34-20-22-13-23-24-20/h2-7,13,16,29H,1,8-12H2,(H,25,28)(H,22,23,24)/t16-/m1/s1. The lowest BCUT2D eigenvalue weighted by molar-refractivity contribution is -0.134. The predicted molar refractivity (Wildman–Crippen MR) is 134 cm³/mol. The number of carbonyl (C=O) groups is 1. The highest BCUT2D eigenvalue weighted by Crippen LogP contribution is 2.34. The van der Waals surface area contributed by atoms with E-state index in [0.717, 1.165) is 19.9 Å². The van der Waals surface area contributed by atoms with Crippen LogP contribution < -0.4 is 5.48 Å². The van der Waals surface area contributed by atoms with Crippen molar-refractivity contribution in [1.29, 1.82) is 0 Å². The smallest absolute Gasteiger partial charge is 0.263 e. The van der Waals surface area contributed by atoms with Crippen LogP contribution in [0.25, 0.3) is 10.4 Å². The SMILES string of the molecule is O=C(NO)[C@H]1CN(S(=O)(=O)CCCSc2ncn[nH]2)CCN1S(=O)(=O)c1ccc(-c2ccc(F)cc2)s1. The first kappa shape index (κ1) is 27.6. The molecule has 0 aliphatic carbocycles. The van der Waals surface area contributed by atoms with Crippen LogP contribution in [-0.2, 0) is 24.8 Å². The summed E-state index contributed by atoms with van der Waals surface area (Å²) in [7, 11) is -8.02. The first-order chi connectivity index (χ1) is 17.6. The Labute approximate surface area is 221 Å². The van der Waals surface area contributed by atoms with Crippen LogP contribution in [0.3, 0.4) is 0 Å². The number of hydroxylamine groups is 1. The normalized spacial score (nSPS) is 17.6. The average molecular weight is 591 g/mol. The Morgan fingerprint density at radius 3 is 2.62 bits per heavy atom. The molecule has 0 saturated carbocycles. The molecule has 1 aliphatic heterocycles. The van der Waals surface area contributed by atoms with Gasteiger partial charge in [0.2, 0.25) is 10.0 Å². The molecule has 3 N–H and O–H groups in total. The molecule has 1 aromatic carbocycles. The summed E-state index contributed by atoms with van der Waals surface area (Å²) in [6, 6.07) is 7.04. The number of thiophene rings is 1. The first-order valence-corrected chi connectivity index (χ1v) is 15.7. The van der Waals surface area contributed by atoms with Gasteiger partial charge in [0.05, 0.1) is 5.75 Å². The van der Waals surface area contributed by atoms with Gasteiger partial charge in [0.25, 0.3) is 15.9 Å². The summed E-state index contributed by atoms with van der Waals surface area (Å²) >= 11 is 2.25. The van der Waals surface area contributed by atoms with Gasteiger partial charge in [-0.1, -0.05) is 23.9 Å². The van der Waals surface area contributed by atoms with Crippen molar-refractivity contribution in [2.45, 2.75) is 21.8 Å². The van der Waals surface area contributed by atoms with E-state index in [1.54, 1.807) is 6.07 Å². The maximum atomic E-state index is 13.4. The second-order valence-corrected chi connectivity index (χ2v) is 14.3. The Bertz CT molecular complexity index is 1430.